The SMILES string of the molecule is O=C(CCC(=O)P(=S)(c1ccccc1)c1ccccc1)CP(=S)(c1ccccc1)c1ccccc1. The van der Waals surface area contributed by atoms with Crippen molar-refractivity contribution in [1.29, 1.82) is 0 Å². The second-order valence-corrected chi connectivity index (χ2v) is 17.4. The van der Waals surface area contributed by atoms with Crippen LogP contribution in [0.1, 0.15) is 12.8 Å². The zero-order valence-corrected chi connectivity index (χ0v) is 22.6. The van der Waals surface area contributed by atoms with Crippen molar-refractivity contribution in [3.8, 4) is 0 Å². The molecule has 0 bridgehead atoms. The molecule has 0 atom stereocenters. The number of Topliss-reactive ketones (excluding diaryl/α,β-unsaturated/α-hetero) is 1. The molecule has 0 aliphatic carbocycles. The lowest BCUT2D eigenvalue weighted by Crippen LogP contribution is -2.24. The lowest BCUT2D eigenvalue weighted by Gasteiger charge is -2.24. The Morgan fingerprint density at radius 2 is 0.857 bits per heavy atom. The van der Waals surface area contributed by atoms with Gasteiger partial charge in [-0.3, -0.25) is 9.59 Å². The summed E-state index contributed by atoms with van der Waals surface area (Å²) in [5, 5.41) is 3.74. The summed E-state index contributed by atoms with van der Waals surface area (Å²) in [4.78, 5) is 26.9. The zero-order valence-electron chi connectivity index (χ0n) is 19.2. The van der Waals surface area contributed by atoms with Crippen molar-refractivity contribution in [3.05, 3.63) is 121 Å². The van der Waals surface area contributed by atoms with Gasteiger partial charge in [-0.2, -0.15) is 0 Å². The smallest absolute Gasteiger partial charge is 0.173 e. The quantitative estimate of drug-likeness (QED) is 0.266. The van der Waals surface area contributed by atoms with E-state index in [1.807, 2.05) is 121 Å². The molecule has 2 nitrogen and oxygen atoms in total. The Balaban J connectivity index is 1.57. The van der Waals surface area contributed by atoms with E-state index in [0.717, 1.165) is 21.2 Å². The van der Waals surface area contributed by atoms with Crippen molar-refractivity contribution in [2.45, 2.75) is 12.8 Å². The van der Waals surface area contributed by atoms with E-state index in [1.165, 1.54) is 0 Å². The van der Waals surface area contributed by atoms with Gasteiger partial charge in [0.15, 0.2) is 5.52 Å². The highest BCUT2D eigenvalue weighted by Gasteiger charge is 2.31. The van der Waals surface area contributed by atoms with Gasteiger partial charge < -0.3 is 0 Å². The Kier molecular flexibility index (Phi) is 8.42. The van der Waals surface area contributed by atoms with Gasteiger partial charge in [-0.1, -0.05) is 145 Å². The second-order valence-electron chi connectivity index (χ2n) is 8.28. The Hall–Kier alpha value is -2.48. The van der Waals surface area contributed by atoms with E-state index in [2.05, 4.69) is 0 Å². The van der Waals surface area contributed by atoms with Crippen LogP contribution in [0.2, 0.25) is 0 Å². The van der Waals surface area contributed by atoms with E-state index in [9.17, 15) is 9.59 Å². The fourth-order valence-electron chi connectivity index (χ4n) is 4.11. The van der Waals surface area contributed by atoms with Gasteiger partial charge in [0.05, 0.1) is 6.04 Å². The van der Waals surface area contributed by atoms with Crippen LogP contribution in [-0.2, 0) is 33.2 Å². The maximum Gasteiger partial charge on any atom is 0.173 e. The summed E-state index contributed by atoms with van der Waals surface area (Å²) in [6, 6.07) is 33.9. The molecule has 0 aliphatic heterocycles. The first-order valence-corrected chi connectivity index (χ1v) is 17.2. The minimum absolute atomic E-state index is 0.0112. The molecule has 0 amide bonds. The summed E-state index contributed by atoms with van der Waals surface area (Å²) >= 11 is 12.3. The van der Waals surface area contributed by atoms with Gasteiger partial charge in [-0.05, 0) is 21.2 Å². The van der Waals surface area contributed by atoms with Gasteiger partial charge in [0, 0.05) is 25.0 Å². The number of carbonyl (C=O) groups is 2. The largest absolute Gasteiger partial charge is 0.299 e. The van der Waals surface area contributed by atoms with E-state index < -0.39 is 12.1 Å². The van der Waals surface area contributed by atoms with Crippen LogP contribution < -0.4 is 21.2 Å². The number of benzene rings is 4. The molecule has 0 heterocycles. The number of carbonyl (C=O) groups excluding carboxylic acids is 2. The highest BCUT2D eigenvalue weighted by atomic mass is 32.4. The first-order chi connectivity index (χ1) is 16.9. The van der Waals surface area contributed by atoms with Crippen LogP contribution in [0.3, 0.4) is 0 Å². The lowest BCUT2D eigenvalue weighted by molar-refractivity contribution is -0.119. The average Bonchev–Trinajstić information content (AvgIpc) is 2.93. The van der Waals surface area contributed by atoms with Crippen LogP contribution in [0.15, 0.2) is 121 Å². The summed E-state index contributed by atoms with van der Waals surface area (Å²) in [6.45, 7) is 0. The highest BCUT2D eigenvalue weighted by molar-refractivity contribution is 8.29. The maximum absolute atomic E-state index is 13.7. The van der Waals surface area contributed by atoms with Gasteiger partial charge in [0.1, 0.15) is 5.78 Å². The topological polar surface area (TPSA) is 34.1 Å². The molecule has 0 spiro atoms. The highest BCUT2D eigenvalue weighted by Crippen LogP contribution is 2.47. The van der Waals surface area contributed by atoms with Crippen molar-refractivity contribution < 1.29 is 9.59 Å². The molecular formula is C29H26O2P2S2. The van der Waals surface area contributed by atoms with Crippen LogP contribution in [-0.4, -0.2) is 17.5 Å². The van der Waals surface area contributed by atoms with Crippen molar-refractivity contribution >= 4 is 68.2 Å². The monoisotopic (exact) mass is 532 g/mol. The molecule has 176 valence electrons. The number of ketones is 1. The minimum atomic E-state index is -2.71. The van der Waals surface area contributed by atoms with Crippen molar-refractivity contribution in [2.24, 2.45) is 0 Å². The first kappa shape index (κ1) is 25.6. The summed E-state index contributed by atoms with van der Waals surface area (Å²) in [6.07, 6.45) is 0.525. The standard InChI is InChI=1S/C29H26O2P2S2/c30-24(23-32(34,25-13-5-1-6-14-25)26-15-7-2-8-16-26)21-22-29(31)33(35,27-17-9-3-10-18-27)28-19-11-4-12-20-28/h1-20H,21-23H2. The van der Waals surface area contributed by atoms with Crippen molar-refractivity contribution in [2.75, 3.05) is 6.16 Å². The van der Waals surface area contributed by atoms with E-state index >= 15 is 0 Å². The Bertz CT molecular complexity index is 1300. The molecule has 0 N–H and O–H groups in total. The van der Waals surface area contributed by atoms with Crippen molar-refractivity contribution in [1.82, 2.24) is 0 Å². The van der Waals surface area contributed by atoms with Gasteiger partial charge in [-0.15, -0.1) is 0 Å². The molecule has 0 saturated heterocycles. The molecule has 4 aromatic rings. The fraction of sp³-hybridized carbons (Fsp3) is 0.103. The third-order valence-corrected chi connectivity index (χ3v) is 15.5. The molecule has 0 saturated carbocycles. The maximum atomic E-state index is 13.7. The lowest BCUT2D eigenvalue weighted by atomic mass is 10.2. The Morgan fingerprint density at radius 3 is 1.23 bits per heavy atom. The third-order valence-electron chi connectivity index (χ3n) is 5.95. The van der Waals surface area contributed by atoms with Crippen LogP contribution in [0.25, 0.3) is 0 Å². The fourth-order valence-corrected chi connectivity index (χ4v) is 11.4. The van der Waals surface area contributed by atoms with Gasteiger partial charge in [0.25, 0.3) is 0 Å². The van der Waals surface area contributed by atoms with Crippen LogP contribution >= 0.6 is 12.1 Å². The molecule has 4 aromatic carbocycles. The summed E-state index contributed by atoms with van der Waals surface area (Å²) in [5.41, 5.74) is -0.0361. The molecule has 4 rings (SSSR count). The third kappa shape index (κ3) is 5.68. The second kappa shape index (κ2) is 11.5. The zero-order chi connectivity index (χ0) is 24.7. The predicted molar refractivity (Wildman–Crippen MR) is 157 cm³/mol. The molecular weight excluding hydrogens is 506 g/mol. The average molecular weight is 533 g/mol. The minimum Gasteiger partial charge on any atom is -0.299 e. The molecule has 35 heavy (non-hydrogen) atoms. The summed E-state index contributed by atoms with van der Waals surface area (Å²) in [5.74, 6) is 0.0112. The van der Waals surface area contributed by atoms with Gasteiger partial charge in [-0.25, -0.2) is 0 Å². The Morgan fingerprint density at radius 1 is 0.514 bits per heavy atom. The van der Waals surface area contributed by atoms with Gasteiger partial charge >= 0.3 is 0 Å². The molecule has 0 radical (unpaired) electrons. The van der Waals surface area contributed by atoms with Crippen molar-refractivity contribution in [3.63, 3.8) is 0 Å². The molecule has 0 unspecified atom stereocenters. The number of rotatable bonds is 10. The van der Waals surface area contributed by atoms with E-state index in [-0.39, 0.29) is 30.3 Å². The molecule has 0 aromatic heterocycles. The normalized spacial score (nSPS) is 11.7. The van der Waals surface area contributed by atoms with E-state index in [1.54, 1.807) is 0 Å². The number of hydrogen-bond acceptors (Lipinski definition) is 4. The predicted octanol–water partition coefficient (Wildman–Crippen LogP) is 5.12. The summed E-state index contributed by atoms with van der Waals surface area (Å²) in [7, 11) is 0. The number of hydrogen-bond donors (Lipinski definition) is 0. The summed E-state index contributed by atoms with van der Waals surface area (Å²) < 4.78 is 0. The van der Waals surface area contributed by atoms with Crippen LogP contribution in [0, 0.1) is 0 Å². The van der Waals surface area contributed by atoms with Crippen LogP contribution in [0.4, 0.5) is 0 Å². The van der Waals surface area contributed by atoms with E-state index in [4.69, 9.17) is 23.6 Å². The Labute approximate surface area is 217 Å². The molecule has 6 heteroatoms. The van der Waals surface area contributed by atoms with Gasteiger partial charge in [0.2, 0.25) is 0 Å². The van der Waals surface area contributed by atoms with Crippen LogP contribution in [0.5, 0.6) is 0 Å². The first-order valence-electron chi connectivity index (χ1n) is 11.4. The van der Waals surface area contributed by atoms with E-state index in [0.29, 0.717) is 0 Å². The molecule has 0 fully saturated rings. The molecule has 0 aliphatic rings.